The van der Waals surface area contributed by atoms with Gasteiger partial charge >= 0.3 is 13.6 Å². The number of hydrogen-bond acceptors (Lipinski definition) is 6. The summed E-state index contributed by atoms with van der Waals surface area (Å²) in [6, 6.07) is 1.04. The van der Waals surface area contributed by atoms with Gasteiger partial charge in [0.1, 0.15) is 12.5 Å². The van der Waals surface area contributed by atoms with E-state index in [1.54, 1.807) is 0 Å². The minimum Gasteiger partial charge on any atom is -0.461 e. The molecule has 0 amide bonds. The number of fused-ring (bicyclic) bond motifs is 1. The highest BCUT2D eigenvalue weighted by Gasteiger charge is 2.45. The quantitative estimate of drug-likeness (QED) is 0.166. The van der Waals surface area contributed by atoms with Crippen molar-refractivity contribution in [3.05, 3.63) is 33.9 Å². The summed E-state index contributed by atoms with van der Waals surface area (Å²) < 4.78 is 34.5. The number of ether oxygens (including phenoxy) is 2. The normalized spacial score (nSPS) is 22.8. The third-order valence-electron chi connectivity index (χ3n) is 6.14. The van der Waals surface area contributed by atoms with Gasteiger partial charge in [-0.2, -0.15) is 0 Å². The summed E-state index contributed by atoms with van der Waals surface area (Å²) in [5.74, 6) is -0.548. The van der Waals surface area contributed by atoms with Gasteiger partial charge in [0.05, 0.1) is 12.3 Å². The van der Waals surface area contributed by atoms with Crippen LogP contribution in [0.3, 0.4) is 0 Å². The average Bonchev–Trinajstić information content (AvgIpc) is 3.09. The molecule has 0 aromatic heterocycles. The Morgan fingerprint density at radius 3 is 2.45 bits per heavy atom. The summed E-state index contributed by atoms with van der Waals surface area (Å²) in [5, 5.41) is 0. The molecule has 1 aliphatic heterocycles. The van der Waals surface area contributed by atoms with E-state index in [0.29, 0.717) is 19.6 Å². The Labute approximate surface area is 188 Å². The number of rotatable bonds is 11. The van der Waals surface area contributed by atoms with Crippen LogP contribution in [0.1, 0.15) is 33.6 Å². The monoisotopic (exact) mass is 470 g/mol. The van der Waals surface area contributed by atoms with Gasteiger partial charge in [-0.25, -0.2) is 0 Å². The first-order valence-corrected chi connectivity index (χ1v) is 16.5. The lowest BCUT2D eigenvalue weighted by molar-refractivity contribution is -0.144. The molecule has 2 atom stereocenters. The molecule has 2 rings (SSSR count). The zero-order valence-electron chi connectivity index (χ0n) is 20.4. The minimum absolute atomic E-state index is 0.191. The molecule has 1 aliphatic carbocycles. The van der Waals surface area contributed by atoms with Gasteiger partial charge in [0.2, 0.25) is 0 Å². The highest BCUT2D eigenvalue weighted by atomic mass is 31.2. The van der Waals surface area contributed by atoms with Gasteiger partial charge < -0.3 is 18.5 Å². The van der Waals surface area contributed by atoms with Crippen molar-refractivity contribution in [2.45, 2.75) is 65.4 Å². The standard InChI is InChI=1S/C23H39O6PSi/c1-9-18-17(3)20-14-29-23(24)21(20)22(28-12-13-31(6,7)8)19(18)11-10-16(2)15-30(25,26-4)27-5/h10,21-22H,9,11-15H2,1-8H3/b16-10+. The lowest BCUT2D eigenvalue weighted by Crippen LogP contribution is -2.36. The van der Waals surface area contributed by atoms with Crippen molar-refractivity contribution in [1.29, 1.82) is 0 Å². The maximum Gasteiger partial charge on any atom is 0.334 e. The molecule has 0 aromatic carbocycles. The third kappa shape index (κ3) is 6.51. The van der Waals surface area contributed by atoms with Crippen LogP contribution < -0.4 is 0 Å². The van der Waals surface area contributed by atoms with Crippen molar-refractivity contribution < 1.29 is 27.9 Å². The zero-order valence-corrected chi connectivity index (χ0v) is 22.3. The molecule has 0 spiro atoms. The molecular formula is C23H39O6PSi. The van der Waals surface area contributed by atoms with Gasteiger partial charge in [-0.1, -0.05) is 38.2 Å². The Balaban J connectivity index is 2.35. The highest BCUT2D eigenvalue weighted by Crippen LogP contribution is 2.48. The van der Waals surface area contributed by atoms with Gasteiger partial charge in [-0.15, -0.1) is 0 Å². The van der Waals surface area contributed by atoms with Crippen LogP contribution in [0, 0.1) is 5.92 Å². The lowest BCUT2D eigenvalue weighted by atomic mass is 9.76. The molecule has 0 bridgehead atoms. The maximum atomic E-state index is 12.6. The molecule has 1 saturated heterocycles. The van der Waals surface area contributed by atoms with E-state index in [4.69, 9.17) is 18.5 Å². The van der Waals surface area contributed by atoms with Gasteiger partial charge in [0.25, 0.3) is 0 Å². The van der Waals surface area contributed by atoms with Crippen LogP contribution in [0.15, 0.2) is 33.9 Å². The zero-order chi connectivity index (χ0) is 23.4. The molecule has 1 heterocycles. The molecule has 0 N–H and O–H groups in total. The van der Waals surface area contributed by atoms with E-state index in [-0.39, 0.29) is 24.2 Å². The second-order valence-corrected chi connectivity index (χ2v) is 17.5. The van der Waals surface area contributed by atoms with Gasteiger partial charge in [-0.3, -0.25) is 9.36 Å². The molecule has 0 saturated carbocycles. The number of carbonyl (C=O) groups is 1. The third-order valence-corrected chi connectivity index (χ3v) is 9.84. The predicted octanol–water partition coefficient (Wildman–Crippen LogP) is 5.74. The number of esters is 1. The van der Waals surface area contributed by atoms with E-state index in [2.05, 4.69) is 39.6 Å². The highest BCUT2D eigenvalue weighted by molar-refractivity contribution is 7.54. The Hall–Kier alpha value is -0.983. The van der Waals surface area contributed by atoms with E-state index in [9.17, 15) is 9.36 Å². The number of hydrogen-bond donors (Lipinski definition) is 0. The van der Waals surface area contributed by atoms with Crippen LogP contribution in [0.5, 0.6) is 0 Å². The lowest BCUT2D eigenvalue weighted by Gasteiger charge is -2.33. The molecule has 0 radical (unpaired) electrons. The van der Waals surface area contributed by atoms with Crippen LogP contribution in [0.25, 0.3) is 0 Å². The van der Waals surface area contributed by atoms with Crippen LogP contribution in [0.4, 0.5) is 0 Å². The Bertz CT molecular complexity index is 812. The Kier molecular flexibility index (Phi) is 9.12. The van der Waals surface area contributed by atoms with Crippen molar-refractivity contribution >= 4 is 21.6 Å². The first kappa shape index (κ1) is 26.3. The fourth-order valence-electron chi connectivity index (χ4n) is 4.20. The fraction of sp³-hybridized carbons (Fsp3) is 0.696. The van der Waals surface area contributed by atoms with Crippen LogP contribution in [0.2, 0.25) is 25.7 Å². The predicted molar refractivity (Wildman–Crippen MR) is 127 cm³/mol. The minimum atomic E-state index is -3.12. The van der Waals surface area contributed by atoms with Crippen LogP contribution in [-0.2, 0) is 27.9 Å². The number of allylic oxidation sites excluding steroid dienone is 4. The molecule has 6 nitrogen and oxygen atoms in total. The van der Waals surface area contributed by atoms with Crippen molar-refractivity contribution in [2.24, 2.45) is 5.92 Å². The molecule has 31 heavy (non-hydrogen) atoms. The van der Waals surface area contributed by atoms with E-state index < -0.39 is 15.7 Å². The topological polar surface area (TPSA) is 71.1 Å². The van der Waals surface area contributed by atoms with E-state index in [0.717, 1.165) is 34.8 Å². The average molecular weight is 471 g/mol. The first-order valence-electron chi connectivity index (χ1n) is 11.0. The van der Waals surface area contributed by atoms with Crippen LogP contribution >= 0.6 is 7.60 Å². The second-order valence-electron chi connectivity index (χ2n) is 9.58. The SMILES string of the molecule is CCC1=C(C/C=C(\C)CP(=O)(OC)OC)C(OCC[Si](C)(C)C)C2C(=O)OCC2=C1C. The first-order chi connectivity index (χ1) is 14.5. The molecular weight excluding hydrogens is 431 g/mol. The van der Waals surface area contributed by atoms with Gasteiger partial charge in [0, 0.05) is 28.9 Å². The van der Waals surface area contributed by atoms with Crippen LogP contribution in [-0.4, -0.2) is 53.7 Å². The summed E-state index contributed by atoms with van der Waals surface area (Å²) >= 11 is 0. The van der Waals surface area contributed by atoms with E-state index in [1.807, 2.05) is 6.92 Å². The maximum absolute atomic E-state index is 12.6. The number of carbonyl (C=O) groups excluding carboxylic acids is 1. The summed E-state index contributed by atoms with van der Waals surface area (Å²) in [6.07, 6.45) is 3.49. The fourth-order valence-corrected chi connectivity index (χ4v) is 6.08. The van der Waals surface area contributed by atoms with E-state index in [1.165, 1.54) is 19.8 Å². The van der Waals surface area contributed by atoms with Crippen molar-refractivity contribution in [1.82, 2.24) is 0 Å². The van der Waals surface area contributed by atoms with Crippen molar-refractivity contribution in [3.8, 4) is 0 Å². The molecule has 2 unspecified atom stereocenters. The second kappa shape index (κ2) is 10.8. The smallest absolute Gasteiger partial charge is 0.334 e. The molecule has 2 aliphatic rings. The Morgan fingerprint density at radius 1 is 1.26 bits per heavy atom. The van der Waals surface area contributed by atoms with Crippen molar-refractivity contribution in [3.63, 3.8) is 0 Å². The molecule has 0 aromatic rings. The molecule has 1 fully saturated rings. The summed E-state index contributed by atoms with van der Waals surface area (Å²) in [6.45, 7) is 14.1. The number of cyclic esters (lactones) is 1. The van der Waals surface area contributed by atoms with Gasteiger partial charge in [0.15, 0.2) is 0 Å². The largest absolute Gasteiger partial charge is 0.461 e. The molecule has 8 heteroatoms. The van der Waals surface area contributed by atoms with Crippen molar-refractivity contribution in [2.75, 3.05) is 33.6 Å². The summed E-state index contributed by atoms with van der Waals surface area (Å²) in [4.78, 5) is 12.6. The summed E-state index contributed by atoms with van der Waals surface area (Å²) in [5.41, 5.74) is 5.52. The van der Waals surface area contributed by atoms with Gasteiger partial charge in [-0.05, 0) is 55.0 Å². The summed E-state index contributed by atoms with van der Waals surface area (Å²) in [7, 11) is -1.57. The van der Waals surface area contributed by atoms with E-state index >= 15 is 0 Å². The Morgan fingerprint density at radius 2 is 1.90 bits per heavy atom. The molecule has 176 valence electrons.